The fourth-order valence-corrected chi connectivity index (χ4v) is 3.18. The molecule has 0 amide bonds. The second-order valence-corrected chi connectivity index (χ2v) is 5.87. The topological polar surface area (TPSA) is 27.3 Å². The molecular weight excluding hydrogens is 234 g/mol. The highest BCUT2D eigenvalue weighted by Crippen LogP contribution is 2.25. The van der Waals surface area contributed by atoms with Crippen LogP contribution in [0.3, 0.4) is 0 Å². The van der Waals surface area contributed by atoms with E-state index in [0.29, 0.717) is 6.04 Å². The van der Waals surface area contributed by atoms with Crippen LogP contribution in [0.2, 0.25) is 0 Å². The third-order valence-electron chi connectivity index (χ3n) is 4.38. The molecular formula is C16H25N3. The zero-order chi connectivity index (χ0) is 13.1. The van der Waals surface area contributed by atoms with Crippen molar-refractivity contribution in [1.82, 2.24) is 5.32 Å². The Balaban J connectivity index is 1.61. The summed E-state index contributed by atoms with van der Waals surface area (Å²) in [5.74, 6) is 0. The Morgan fingerprint density at radius 3 is 2.79 bits per heavy atom. The van der Waals surface area contributed by atoms with Crippen LogP contribution in [0.4, 0.5) is 11.4 Å². The number of nitrogens with zero attached hydrogens (tertiary/aromatic N) is 1. The van der Waals surface area contributed by atoms with Gasteiger partial charge in [0.25, 0.3) is 0 Å². The Labute approximate surface area is 116 Å². The molecule has 1 aromatic rings. The van der Waals surface area contributed by atoms with Crippen molar-refractivity contribution in [2.24, 2.45) is 0 Å². The predicted octanol–water partition coefficient (Wildman–Crippen LogP) is 2.76. The van der Waals surface area contributed by atoms with Gasteiger partial charge in [0.2, 0.25) is 0 Å². The van der Waals surface area contributed by atoms with Crippen molar-refractivity contribution in [3.05, 3.63) is 23.8 Å². The van der Waals surface area contributed by atoms with Crippen LogP contribution >= 0.6 is 0 Å². The number of benzene rings is 1. The monoisotopic (exact) mass is 259 g/mol. The summed E-state index contributed by atoms with van der Waals surface area (Å²) in [6.45, 7) is 6.88. The number of anilines is 2. The number of aryl methyl sites for hydroxylation is 1. The highest BCUT2D eigenvalue weighted by atomic mass is 15.1. The average molecular weight is 259 g/mol. The van der Waals surface area contributed by atoms with Crippen LogP contribution in [0.1, 0.15) is 31.2 Å². The summed E-state index contributed by atoms with van der Waals surface area (Å²) in [4.78, 5) is 2.50. The minimum absolute atomic E-state index is 0.651. The maximum Gasteiger partial charge on any atom is 0.0371 e. The normalized spacial score (nSPS) is 23.0. The van der Waals surface area contributed by atoms with Crippen LogP contribution in [0.15, 0.2) is 18.2 Å². The van der Waals surface area contributed by atoms with Gasteiger partial charge in [-0.15, -0.1) is 0 Å². The quantitative estimate of drug-likeness (QED) is 0.870. The van der Waals surface area contributed by atoms with Gasteiger partial charge < -0.3 is 15.5 Å². The van der Waals surface area contributed by atoms with Crippen LogP contribution in [0.5, 0.6) is 0 Å². The number of nitrogens with one attached hydrogen (secondary N) is 2. The highest BCUT2D eigenvalue weighted by Gasteiger charge is 2.15. The van der Waals surface area contributed by atoms with E-state index in [9.17, 15) is 0 Å². The van der Waals surface area contributed by atoms with Crippen LogP contribution in [-0.4, -0.2) is 32.2 Å². The fraction of sp³-hybridized carbons (Fsp3) is 0.625. The van der Waals surface area contributed by atoms with Gasteiger partial charge in [-0.25, -0.2) is 0 Å². The van der Waals surface area contributed by atoms with E-state index in [0.717, 1.165) is 6.54 Å². The van der Waals surface area contributed by atoms with E-state index in [2.05, 4.69) is 40.7 Å². The number of rotatable bonds is 4. The Morgan fingerprint density at radius 2 is 2.11 bits per heavy atom. The van der Waals surface area contributed by atoms with Crippen molar-refractivity contribution in [2.45, 2.75) is 38.6 Å². The summed E-state index contributed by atoms with van der Waals surface area (Å²) in [5.41, 5.74) is 4.04. The summed E-state index contributed by atoms with van der Waals surface area (Å²) < 4.78 is 0. The van der Waals surface area contributed by atoms with Crippen molar-refractivity contribution in [2.75, 3.05) is 36.4 Å². The van der Waals surface area contributed by atoms with Crippen molar-refractivity contribution in [3.63, 3.8) is 0 Å². The minimum atomic E-state index is 0.651. The predicted molar refractivity (Wildman–Crippen MR) is 82.1 cm³/mol. The molecule has 2 fully saturated rings. The van der Waals surface area contributed by atoms with Gasteiger partial charge in [-0.1, -0.05) is 0 Å². The Kier molecular flexibility index (Phi) is 3.92. The lowest BCUT2D eigenvalue weighted by atomic mass is 10.1. The molecule has 0 spiro atoms. The molecule has 0 aromatic heterocycles. The molecule has 2 heterocycles. The third kappa shape index (κ3) is 3.03. The smallest absolute Gasteiger partial charge is 0.0371 e. The zero-order valence-electron chi connectivity index (χ0n) is 11.9. The molecule has 1 aromatic carbocycles. The second-order valence-electron chi connectivity index (χ2n) is 5.87. The summed E-state index contributed by atoms with van der Waals surface area (Å²) in [5, 5.41) is 7.12. The molecule has 0 aliphatic carbocycles. The van der Waals surface area contributed by atoms with Crippen LogP contribution in [-0.2, 0) is 0 Å². The molecule has 1 atom stereocenters. The molecule has 3 heteroatoms. The zero-order valence-corrected chi connectivity index (χ0v) is 11.9. The van der Waals surface area contributed by atoms with Crippen LogP contribution in [0.25, 0.3) is 0 Å². The Morgan fingerprint density at radius 1 is 1.26 bits per heavy atom. The second kappa shape index (κ2) is 5.83. The maximum absolute atomic E-state index is 3.59. The molecule has 0 saturated carbocycles. The summed E-state index contributed by atoms with van der Waals surface area (Å²) >= 11 is 0. The first-order valence-electron chi connectivity index (χ1n) is 7.66. The van der Waals surface area contributed by atoms with Gasteiger partial charge in [-0.3, -0.25) is 0 Å². The lowest BCUT2D eigenvalue weighted by Crippen LogP contribution is -2.29. The van der Waals surface area contributed by atoms with Gasteiger partial charge in [0, 0.05) is 37.1 Å². The third-order valence-corrected chi connectivity index (χ3v) is 4.38. The number of hydrogen-bond donors (Lipinski definition) is 2. The Bertz CT molecular complexity index is 418. The molecule has 2 aliphatic rings. The SMILES string of the molecule is Cc1cc(N2CCCC2)ccc1NCC1CCCN1. The van der Waals surface area contributed by atoms with E-state index in [1.54, 1.807) is 0 Å². The average Bonchev–Trinajstić information content (AvgIpc) is 3.10. The van der Waals surface area contributed by atoms with Crippen molar-refractivity contribution < 1.29 is 0 Å². The van der Waals surface area contributed by atoms with Gasteiger partial charge in [0.1, 0.15) is 0 Å². The van der Waals surface area contributed by atoms with E-state index >= 15 is 0 Å². The van der Waals surface area contributed by atoms with Gasteiger partial charge in [-0.05, 0) is 62.9 Å². The molecule has 104 valence electrons. The molecule has 0 bridgehead atoms. The maximum atomic E-state index is 3.59. The summed E-state index contributed by atoms with van der Waals surface area (Å²) in [6.07, 6.45) is 5.30. The Hall–Kier alpha value is -1.22. The molecule has 19 heavy (non-hydrogen) atoms. The molecule has 3 nitrogen and oxygen atoms in total. The van der Waals surface area contributed by atoms with Crippen LogP contribution in [0, 0.1) is 6.92 Å². The largest absolute Gasteiger partial charge is 0.383 e. The first-order valence-corrected chi connectivity index (χ1v) is 7.66. The van der Waals surface area contributed by atoms with Crippen LogP contribution < -0.4 is 15.5 Å². The first kappa shape index (κ1) is 12.8. The molecule has 2 saturated heterocycles. The molecule has 0 radical (unpaired) electrons. The fourth-order valence-electron chi connectivity index (χ4n) is 3.18. The molecule has 1 unspecified atom stereocenters. The van der Waals surface area contributed by atoms with Gasteiger partial charge in [0.05, 0.1) is 0 Å². The van der Waals surface area contributed by atoms with Crippen molar-refractivity contribution in [1.29, 1.82) is 0 Å². The van der Waals surface area contributed by atoms with Crippen molar-refractivity contribution >= 4 is 11.4 Å². The highest BCUT2D eigenvalue weighted by molar-refractivity contribution is 5.60. The van der Waals surface area contributed by atoms with E-state index in [1.807, 2.05) is 0 Å². The van der Waals surface area contributed by atoms with E-state index < -0.39 is 0 Å². The van der Waals surface area contributed by atoms with Crippen molar-refractivity contribution in [3.8, 4) is 0 Å². The first-order chi connectivity index (χ1) is 9.33. The van der Waals surface area contributed by atoms with Gasteiger partial charge in [-0.2, -0.15) is 0 Å². The standard InChI is InChI=1S/C16H25N3/c1-13-11-15(19-9-2-3-10-19)6-7-16(13)18-12-14-5-4-8-17-14/h6-7,11,14,17-18H,2-5,8-10,12H2,1H3. The molecule has 2 N–H and O–H groups in total. The number of hydrogen-bond acceptors (Lipinski definition) is 3. The van der Waals surface area contributed by atoms with Gasteiger partial charge in [0.15, 0.2) is 0 Å². The van der Waals surface area contributed by atoms with Gasteiger partial charge >= 0.3 is 0 Å². The lowest BCUT2D eigenvalue weighted by molar-refractivity contribution is 0.633. The van der Waals surface area contributed by atoms with E-state index in [-0.39, 0.29) is 0 Å². The molecule has 3 rings (SSSR count). The summed E-state index contributed by atoms with van der Waals surface area (Å²) in [7, 11) is 0. The lowest BCUT2D eigenvalue weighted by Gasteiger charge is -2.20. The molecule has 2 aliphatic heterocycles. The summed E-state index contributed by atoms with van der Waals surface area (Å²) in [6, 6.07) is 7.49. The van der Waals surface area contributed by atoms with E-state index in [4.69, 9.17) is 0 Å². The van der Waals surface area contributed by atoms with E-state index in [1.165, 1.54) is 62.3 Å². The minimum Gasteiger partial charge on any atom is -0.383 e.